The van der Waals surface area contributed by atoms with Crippen molar-refractivity contribution >= 4 is 23.3 Å². The van der Waals surface area contributed by atoms with Crippen LogP contribution in [-0.2, 0) is 13.0 Å². The number of aromatic nitrogens is 2. The zero-order valence-electron chi connectivity index (χ0n) is 15.5. The van der Waals surface area contributed by atoms with Gasteiger partial charge >= 0.3 is 0 Å². The van der Waals surface area contributed by atoms with Crippen molar-refractivity contribution in [3.05, 3.63) is 82.8 Å². The van der Waals surface area contributed by atoms with Gasteiger partial charge in [0, 0.05) is 18.1 Å². The van der Waals surface area contributed by atoms with Crippen molar-refractivity contribution in [2.45, 2.75) is 13.0 Å². The predicted molar refractivity (Wildman–Crippen MR) is 110 cm³/mol. The van der Waals surface area contributed by atoms with Gasteiger partial charge in [0.05, 0.1) is 19.5 Å². The first-order chi connectivity index (χ1) is 13.6. The van der Waals surface area contributed by atoms with Crippen LogP contribution in [0.25, 0.3) is 0 Å². The number of carbonyl (C=O) groups is 1. The molecule has 2 aromatic carbocycles. The molecule has 144 valence electrons. The van der Waals surface area contributed by atoms with Gasteiger partial charge in [-0.3, -0.25) is 4.79 Å². The van der Waals surface area contributed by atoms with E-state index in [9.17, 15) is 4.79 Å². The molecule has 3 aromatic rings. The number of benzene rings is 2. The summed E-state index contributed by atoms with van der Waals surface area (Å²) >= 11 is 5.85. The van der Waals surface area contributed by atoms with Crippen molar-refractivity contribution in [2.75, 3.05) is 19.0 Å². The summed E-state index contributed by atoms with van der Waals surface area (Å²) in [5, 5.41) is 6.68. The van der Waals surface area contributed by atoms with Crippen LogP contribution < -0.4 is 15.4 Å². The summed E-state index contributed by atoms with van der Waals surface area (Å²) in [6, 6.07) is 15.2. The molecule has 6 nitrogen and oxygen atoms in total. The van der Waals surface area contributed by atoms with Crippen molar-refractivity contribution in [2.24, 2.45) is 0 Å². The van der Waals surface area contributed by atoms with E-state index >= 15 is 0 Å². The maximum Gasteiger partial charge on any atom is 0.271 e. The van der Waals surface area contributed by atoms with Crippen LogP contribution in [0.4, 0.5) is 5.82 Å². The Balaban J connectivity index is 1.45. The molecule has 1 heterocycles. The number of anilines is 1. The highest BCUT2D eigenvalue weighted by Gasteiger charge is 2.08. The van der Waals surface area contributed by atoms with E-state index in [0.29, 0.717) is 23.9 Å². The van der Waals surface area contributed by atoms with Crippen molar-refractivity contribution in [3.63, 3.8) is 0 Å². The Morgan fingerprint density at radius 2 is 1.71 bits per heavy atom. The number of hydrogen-bond acceptors (Lipinski definition) is 5. The summed E-state index contributed by atoms with van der Waals surface area (Å²) in [5.41, 5.74) is 2.43. The van der Waals surface area contributed by atoms with E-state index in [1.54, 1.807) is 25.4 Å². The third-order valence-electron chi connectivity index (χ3n) is 4.13. The van der Waals surface area contributed by atoms with E-state index in [1.165, 1.54) is 11.8 Å². The molecule has 0 aliphatic rings. The SMILES string of the molecule is COc1ccc(CCNc2cnc(C(=O)NCc3ccc(Cl)cc3)cn2)cc1. The molecule has 0 atom stereocenters. The largest absolute Gasteiger partial charge is 0.497 e. The van der Waals surface area contributed by atoms with Crippen LogP contribution in [0, 0.1) is 0 Å². The lowest BCUT2D eigenvalue weighted by molar-refractivity contribution is 0.0945. The molecule has 0 radical (unpaired) electrons. The highest BCUT2D eigenvalue weighted by molar-refractivity contribution is 6.30. The molecular formula is C21H21ClN4O2. The summed E-state index contributed by atoms with van der Waals surface area (Å²) in [4.78, 5) is 20.6. The average Bonchev–Trinajstić information content (AvgIpc) is 2.74. The quantitative estimate of drug-likeness (QED) is 0.606. The molecule has 0 saturated carbocycles. The number of nitrogens with one attached hydrogen (secondary N) is 2. The first-order valence-electron chi connectivity index (χ1n) is 8.85. The van der Waals surface area contributed by atoms with Crippen LogP contribution >= 0.6 is 11.6 Å². The fourth-order valence-electron chi connectivity index (χ4n) is 2.54. The summed E-state index contributed by atoms with van der Waals surface area (Å²) in [7, 11) is 1.65. The van der Waals surface area contributed by atoms with Crippen LogP contribution in [0.15, 0.2) is 60.9 Å². The number of nitrogens with zero attached hydrogens (tertiary/aromatic N) is 2. The zero-order valence-corrected chi connectivity index (χ0v) is 16.2. The minimum Gasteiger partial charge on any atom is -0.497 e. The maximum atomic E-state index is 12.2. The van der Waals surface area contributed by atoms with Gasteiger partial charge in [-0.25, -0.2) is 9.97 Å². The lowest BCUT2D eigenvalue weighted by Crippen LogP contribution is -2.24. The van der Waals surface area contributed by atoms with Crippen LogP contribution in [0.3, 0.4) is 0 Å². The Labute approximate surface area is 168 Å². The van der Waals surface area contributed by atoms with Gasteiger partial charge in [-0.05, 0) is 41.8 Å². The van der Waals surface area contributed by atoms with E-state index in [2.05, 4.69) is 20.6 Å². The molecule has 1 amide bonds. The Hall–Kier alpha value is -3.12. The zero-order chi connectivity index (χ0) is 19.8. The van der Waals surface area contributed by atoms with E-state index in [4.69, 9.17) is 16.3 Å². The molecule has 0 bridgehead atoms. The fourth-order valence-corrected chi connectivity index (χ4v) is 2.66. The van der Waals surface area contributed by atoms with Crippen molar-refractivity contribution in [1.82, 2.24) is 15.3 Å². The normalized spacial score (nSPS) is 10.4. The van der Waals surface area contributed by atoms with Gasteiger partial charge in [0.15, 0.2) is 0 Å². The number of carbonyl (C=O) groups excluding carboxylic acids is 1. The molecule has 0 spiro atoms. The lowest BCUT2D eigenvalue weighted by Gasteiger charge is -2.08. The molecule has 0 aliphatic carbocycles. The topological polar surface area (TPSA) is 76.1 Å². The van der Waals surface area contributed by atoms with Crippen LogP contribution in [0.1, 0.15) is 21.6 Å². The Kier molecular flexibility index (Phi) is 6.81. The Bertz CT molecular complexity index is 897. The lowest BCUT2D eigenvalue weighted by atomic mass is 10.1. The second-order valence-electron chi connectivity index (χ2n) is 6.12. The molecular weight excluding hydrogens is 376 g/mol. The van der Waals surface area contributed by atoms with Crippen LogP contribution in [0.5, 0.6) is 5.75 Å². The van der Waals surface area contributed by atoms with Gasteiger partial charge < -0.3 is 15.4 Å². The Morgan fingerprint density at radius 3 is 2.36 bits per heavy atom. The second-order valence-corrected chi connectivity index (χ2v) is 6.56. The standard InChI is InChI=1S/C21H21ClN4O2/c1-28-18-8-4-15(5-9-18)10-11-23-20-14-24-19(13-25-20)21(27)26-12-16-2-6-17(22)7-3-16/h2-9,13-14H,10-12H2,1H3,(H,23,25)(H,26,27). The summed E-state index contributed by atoms with van der Waals surface area (Å²) in [5.74, 6) is 1.20. The second kappa shape index (κ2) is 9.71. The average molecular weight is 397 g/mol. The first-order valence-corrected chi connectivity index (χ1v) is 9.23. The van der Waals surface area contributed by atoms with Crippen molar-refractivity contribution < 1.29 is 9.53 Å². The smallest absolute Gasteiger partial charge is 0.271 e. The minimum atomic E-state index is -0.271. The molecule has 3 rings (SSSR count). The highest BCUT2D eigenvalue weighted by atomic mass is 35.5. The first kappa shape index (κ1) is 19.6. The van der Waals surface area contributed by atoms with E-state index < -0.39 is 0 Å². The summed E-state index contributed by atoms with van der Waals surface area (Å²) in [6.07, 6.45) is 3.87. The molecule has 0 fully saturated rings. The molecule has 1 aromatic heterocycles. The maximum absolute atomic E-state index is 12.2. The van der Waals surface area contributed by atoms with Gasteiger partial charge in [0.2, 0.25) is 0 Å². The number of methoxy groups -OCH3 is 1. The van der Waals surface area contributed by atoms with Crippen LogP contribution in [-0.4, -0.2) is 29.5 Å². The molecule has 28 heavy (non-hydrogen) atoms. The Morgan fingerprint density at radius 1 is 1.00 bits per heavy atom. The predicted octanol–water partition coefficient (Wildman–Crippen LogP) is 3.72. The third kappa shape index (κ3) is 5.69. The van der Waals surface area contributed by atoms with Gasteiger partial charge in [-0.2, -0.15) is 0 Å². The third-order valence-corrected chi connectivity index (χ3v) is 4.38. The highest BCUT2D eigenvalue weighted by Crippen LogP contribution is 2.12. The van der Waals surface area contributed by atoms with Gasteiger partial charge in [0.25, 0.3) is 5.91 Å². The van der Waals surface area contributed by atoms with Crippen molar-refractivity contribution in [3.8, 4) is 5.75 Å². The number of ether oxygens (including phenoxy) is 1. The van der Waals surface area contributed by atoms with E-state index in [-0.39, 0.29) is 11.6 Å². The molecule has 7 heteroatoms. The molecule has 0 aliphatic heterocycles. The minimum absolute atomic E-state index is 0.271. The van der Waals surface area contributed by atoms with Gasteiger partial charge in [-0.1, -0.05) is 35.9 Å². The van der Waals surface area contributed by atoms with E-state index in [0.717, 1.165) is 17.7 Å². The van der Waals surface area contributed by atoms with Crippen LogP contribution in [0.2, 0.25) is 5.02 Å². The number of amides is 1. The van der Waals surface area contributed by atoms with Crippen molar-refractivity contribution in [1.29, 1.82) is 0 Å². The molecule has 0 unspecified atom stereocenters. The van der Waals surface area contributed by atoms with Gasteiger partial charge in [-0.15, -0.1) is 0 Å². The summed E-state index contributed by atoms with van der Waals surface area (Å²) in [6.45, 7) is 1.11. The molecule has 0 saturated heterocycles. The molecule has 2 N–H and O–H groups in total. The monoisotopic (exact) mass is 396 g/mol. The van der Waals surface area contributed by atoms with E-state index in [1.807, 2.05) is 36.4 Å². The fraction of sp³-hybridized carbons (Fsp3) is 0.190. The summed E-state index contributed by atoms with van der Waals surface area (Å²) < 4.78 is 5.15. The number of hydrogen-bond donors (Lipinski definition) is 2. The number of rotatable bonds is 8. The van der Waals surface area contributed by atoms with Gasteiger partial charge in [0.1, 0.15) is 17.3 Å². The number of halogens is 1.